The zero-order valence-electron chi connectivity index (χ0n) is 9.12. The minimum Gasteiger partial charge on any atom is -0.493 e. The van der Waals surface area contributed by atoms with Crippen LogP contribution in [-0.2, 0) is 4.79 Å². The van der Waals surface area contributed by atoms with Crippen molar-refractivity contribution in [1.29, 1.82) is 0 Å². The second-order valence-corrected chi connectivity index (χ2v) is 4.15. The van der Waals surface area contributed by atoms with Crippen LogP contribution in [0.1, 0.15) is 25.7 Å². The molecule has 0 amide bonds. The standard InChI is InChI=1S/C13H15FO2/c14-11-4-2-5-12(9-11)16-8-7-10-3-1-6-13(10)15/h2,4-5,9-10H,1,3,6-8H2. The number of hydrogen-bond donors (Lipinski definition) is 0. The summed E-state index contributed by atoms with van der Waals surface area (Å²) >= 11 is 0. The molecule has 0 saturated heterocycles. The van der Waals surface area contributed by atoms with E-state index in [1.165, 1.54) is 12.1 Å². The van der Waals surface area contributed by atoms with Crippen LogP contribution in [0.25, 0.3) is 0 Å². The van der Waals surface area contributed by atoms with Gasteiger partial charge in [-0.2, -0.15) is 0 Å². The van der Waals surface area contributed by atoms with Crippen LogP contribution >= 0.6 is 0 Å². The number of benzene rings is 1. The summed E-state index contributed by atoms with van der Waals surface area (Å²) in [6.45, 7) is 0.486. The number of ether oxygens (including phenoxy) is 1. The summed E-state index contributed by atoms with van der Waals surface area (Å²) in [6, 6.07) is 6.08. The molecule has 0 bridgehead atoms. The third kappa shape index (κ3) is 2.81. The van der Waals surface area contributed by atoms with Crippen LogP contribution in [0, 0.1) is 11.7 Å². The molecule has 1 fully saturated rings. The summed E-state index contributed by atoms with van der Waals surface area (Å²) in [5.41, 5.74) is 0. The van der Waals surface area contributed by atoms with Crippen molar-refractivity contribution in [2.45, 2.75) is 25.7 Å². The SMILES string of the molecule is O=C1CCCC1CCOc1cccc(F)c1. The van der Waals surface area contributed by atoms with E-state index in [4.69, 9.17) is 4.74 Å². The average Bonchev–Trinajstić information content (AvgIpc) is 2.65. The van der Waals surface area contributed by atoms with Crippen molar-refractivity contribution < 1.29 is 13.9 Å². The number of carbonyl (C=O) groups is 1. The summed E-state index contributed by atoms with van der Waals surface area (Å²) in [5, 5.41) is 0. The molecule has 1 unspecified atom stereocenters. The highest BCUT2D eigenvalue weighted by atomic mass is 19.1. The fourth-order valence-corrected chi connectivity index (χ4v) is 2.07. The maximum Gasteiger partial charge on any atom is 0.136 e. The van der Waals surface area contributed by atoms with Gasteiger partial charge in [0.15, 0.2) is 0 Å². The summed E-state index contributed by atoms with van der Waals surface area (Å²) < 4.78 is 18.2. The van der Waals surface area contributed by atoms with Crippen LogP contribution < -0.4 is 4.74 Å². The van der Waals surface area contributed by atoms with Crippen LogP contribution in [0.4, 0.5) is 4.39 Å². The predicted octanol–water partition coefficient (Wildman–Crippen LogP) is 2.96. The van der Waals surface area contributed by atoms with Gasteiger partial charge in [0.2, 0.25) is 0 Å². The maximum atomic E-state index is 12.8. The number of Topliss-reactive ketones (excluding diaryl/α,β-unsaturated/α-hetero) is 1. The van der Waals surface area contributed by atoms with Gasteiger partial charge in [-0.1, -0.05) is 6.07 Å². The molecule has 3 heteroatoms. The van der Waals surface area contributed by atoms with E-state index in [0.29, 0.717) is 24.6 Å². The molecule has 0 aliphatic heterocycles. The normalized spacial score (nSPS) is 20.1. The van der Waals surface area contributed by atoms with Crippen LogP contribution in [-0.4, -0.2) is 12.4 Å². The van der Waals surface area contributed by atoms with E-state index < -0.39 is 0 Å². The first-order valence-electron chi connectivity index (χ1n) is 5.67. The quantitative estimate of drug-likeness (QED) is 0.782. The molecule has 1 aromatic carbocycles. The number of ketones is 1. The highest BCUT2D eigenvalue weighted by Crippen LogP contribution is 2.24. The molecule has 2 nitrogen and oxygen atoms in total. The molecule has 0 N–H and O–H groups in total. The zero-order chi connectivity index (χ0) is 11.4. The maximum absolute atomic E-state index is 12.8. The molecule has 1 aliphatic carbocycles. The van der Waals surface area contributed by atoms with E-state index in [-0.39, 0.29) is 11.7 Å². The van der Waals surface area contributed by atoms with Gasteiger partial charge in [-0.3, -0.25) is 4.79 Å². The summed E-state index contributed by atoms with van der Waals surface area (Å²) in [7, 11) is 0. The van der Waals surface area contributed by atoms with Gasteiger partial charge in [0, 0.05) is 18.4 Å². The van der Waals surface area contributed by atoms with Crippen molar-refractivity contribution in [3.8, 4) is 5.75 Å². The lowest BCUT2D eigenvalue weighted by molar-refractivity contribution is -0.121. The Labute approximate surface area is 94.4 Å². The number of halogens is 1. The van der Waals surface area contributed by atoms with Gasteiger partial charge in [0.1, 0.15) is 17.3 Å². The Bertz CT molecular complexity index is 376. The smallest absolute Gasteiger partial charge is 0.136 e. The number of carbonyl (C=O) groups excluding carboxylic acids is 1. The third-order valence-corrected chi connectivity index (χ3v) is 2.96. The van der Waals surface area contributed by atoms with Crippen molar-refractivity contribution in [2.24, 2.45) is 5.92 Å². The molecule has 0 radical (unpaired) electrons. The largest absolute Gasteiger partial charge is 0.493 e. The monoisotopic (exact) mass is 222 g/mol. The van der Waals surface area contributed by atoms with Gasteiger partial charge < -0.3 is 4.74 Å². The Morgan fingerprint density at radius 1 is 1.44 bits per heavy atom. The van der Waals surface area contributed by atoms with E-state index in [1.807, 2.05) is 0 Å². The Hall–Kier alpha value is -1.38. The van der Waals surface area contributed by atoms with Crippen molar-refractivity contribution in [3.05, 3.63) is 30.1 Å². The third-order valence-electron chi connectivity index (χ3n) is 2.96. The van der Waals surface area contributed by atoms with Gasteiger partial charge in [0.05, 0.1) is 6.61 Å². The van der Waals surface area contributed by atoms with Crippen molar-refractivity contribution >= 4 is 5.78 Å². The first-order chi connectivity index (χ1) is 7.75. The van der Waals surface area contributed by atoms with E-state index in [1.54, 1.807) is 12.1 Å². The van der Waals surface area contributed by atoms with Crippen LogP contribution in [0.15, 0.2) is 24.3 Å². The summed E-state index contributed by atoms with van der Waals surface area (Å²) in [4.78, 5) is 11.4. The van der Waals surface area contributed by atoms with Crippen LogP contribution in [0.5, 0.6) is 5.75 Å². The fourth-order valence-electron chi connectivity index (χ4n) is 2.07. The minimum atomic E-state index is -0.297. The van der Waals surface area contributed by atoms with E-state index in [0.717, 1.165) is 19.3 Å². The Morgan fingerprint density at radius 3 is 3.00 bits per heavy atom. The Balaban J connectivity index is 1.77. The molecule has 0 aromatic heterocycles. The number of hydrogen-bond acceptors (Lipinski definition) is 2. The molecule has 0 spiro atoms. The van der Waals surface area contributed by atoms with Gasteiger partial charge in [-0.05, 0) is 31.4 Å². The van der Waals surface area contributed by atoms with E-state index in [9.17, 15) is 9.18 Å². The van der Waals surface area contributed by atoms with Crippen LogP contribution in [0.2, 0.25) is 0 Å². The lowest BCUT2D eigenvalue weighted by Gasteiger charge is -2.09. The van der Waals surface area contributed by atoms with Crippen LogP contribution in [0.3, 0.4) is 0 Å². The molecular weight excluding hydrogens is 207 g/mol. The van der Waals surface area contributed by atoms with E-state index >= 15 is 0 Å². The molecule has 16 heavy (non-hydrogen) atoms. The van der Waals surface area contributed by atoms with Gasteiger partial charge in [-0.25, -0.2) is 4.39 Å². The first kappa shape index (κ1) is 11.1. The van der Waals surface area contributed by atoms with Gasteiger partial charge in [0.25, 0.3) is 0 Å². The zero-order valence-corrected chi connectivity index (χ0v) is 9.12. The molecule has 1 aliphatic rings. The molecule has 0 heterocycles. The lowest BCUT2D eigenvalue weighted by atomic mass is 10.0. The molecule has 1 aromatic rings. The van der Waals surface area contributed by atoms with Crippen molar-refractivity contribution in [2.75, 3.05) is 6.61 Å². The molecule has 1 saturated carbocycles. The first-order valence-corrected chi connectivity index (χ1v) is 5.67. The second-order valence-electron chi connectivity index (χ2n) is 4.15. The topological polar surface area (TPSA) is 26.3 Å². The summed E-state index contributed by atoms with van der Waals surface area (Å²) in [5.74, 6) is 0.747. The molecular formula is C13H15FO2. The Morgan fingerprint density at radius 2 is 2.31 bits per heavy atom. The summed E-state index contributed by atoms with van der Waals surface area (Å²) in [6.07, 6.45) is 3.44. The van der Waals surface area contributed by atoms with Crippen molar-refractivity contribution in [3.63, 3.8) is 0 Å². The van der Waals surface area contributed by atoms with Gasteiger partial charge >= 0.3 is 0 Å². The average molecular weight is 222 g/mol. The van der Waals surface area contributed by atoms with E-state index in [2.05, 4.69) is 0 Å². The minimum absolute atomic E-state index is 0.161. The molecule has 1 atom stereocenters. The Kier molecular flexibility index (Phi) is 3.54. The second kappa shape index (κ2) is 5.10. The lowest BCUT2D eigenvalue weighted by Crippen LogP contribution is -2.11. The fraction of sp³-hybridized carbons (Fsp3) is 0.462. The number of rotatable bonds is 4. The highest BCUT2D eigenvalue weighted by molar-refractivity contribution is 5.82. The molecule has 86 valence electrons. The van der Waals surface area contributed by atoms with Crippen molar-refractivity contribution in [1.82, 2.24) is 0 Å². The van der Waals surface area contributed by atoms with Gasteiger partial charge in [-0.15, -0.1) is 0 Å². The molecule has 2 rings (SSSR count). The highest BCUT2D eigenvalue weighted by Gasteiger charge is 2.23. The predicted molar refractivity (Wildman–Crippen MR) is 58.9 cm³/mol.